The quantitative estimate of drug-likeness (QED) is 0.423. The molecule has 5 heteroatoms. The molecular formula is C19H12Cl2O3. The molecule has 0 heterocycles. The second-order valence-electron chi connectivity index (χ2n) is 4.88. The lowest BCUT2D eigenvalue weighted by molar-refractivity contribution is 0.0735. The first kappa shape index (κ1) is 16.4. The summed E-state index contributed by atoms with van der Waals surface area (Å²) in [5, 5.41) is 0.522. The monoisotopic (exact) mass is 358 g/mol. The third-order valence-corrected chi connectivity index (χ3v) is 3.76. The van der Waals surface area contributed by atoms with Crippen molar-refractivity contribution in [2.45, 2.75) is 0 Å². The minimum Gasteiger partial charge on any atom is -0.456 e. The molecule has 0 saturated carbocycles. The standard InChI is InChI=1S/C19H12Cl2O3/c20-15-12-18(24-19(22)13-7-3-1-4-8-13)16(21)11-17(15)23-14-9-5-2-6-10-14/h1-12H. The number of ether oxygens (including phenoxy) is 2. The van der Waals surface area contributed by atoms with Crippen LogP contribution in [0.2, 0.25) is 10.0 Å². The van der Waals surface area contributed by atoms with Crippen LogP contribution in [0.4, 0.5) is 0 Å². The summed E-state index contributed by atoms with van der Waals surface area (Å²) in [6, 6.07) is 20.8. The molecule has 0 saturated heterocycles. The van der Waals surface area contributed by atoms with Gasteiger partial charge in [-0.1, -0.05) is 59.6 Å². The molecule has 3 nitrogen and oxygen atoms in total. The number of hydrogen-bond donors (Lipinski definition) is 0. The van der Waals surface area contributed by atoms with Crippen LogP contribution in [0.3, 0.4) is 0 Å². The van der Waals surface area contributed by atoms with Crippen LogP contribution in [0.5, 0.6) is 17.2 Å². The SMILES string of the molecule is O=C(Oc1cc(Cl)c(Oc2ccccc2)cc1Cl)c1ccccc1. The van der Waals surface area contributed by atoms with Gasteiger partial charge in [-0.3, -0.25) is 0 Å². The Morgan fingerprint density at radius 3 is 1.96 bits per heavy atom. The zero-order valence-electron chi connectivity index (χ0n) is 12.4. The number of hydrogen-bond acceptors (Lipinski definition) is 3. The Balaban J connectivity index is 1.81. The van der Waals surface area contributed by atoms with Crippen molar-refractivity contribution < 1.29 is 14.3 Å². The molecule has 0 fully saturated rings. The van der Waals surface area contributed by atoms with E-state index in [-0.39, 0.29) is 10.8 Å². The zero-order valence-corrected chi connectivity index (χ0v) is 13.9. The van der Waals surface area contributed by atoms with Gasteiger partial charge in [0, 0.05) is 12.1 Å². The molecule has 0 atom stereocenters. The van der Waals surface area contributed by atoms with E-state index in [4.69, 9.17) is 32.7 Å². The predicted octanol–water partition coefficient (Wildman–Crippen LogP) is 6.00. The van der Waals surface area contributed by atoms with Crippen LogP contribution in [0.25, 0.3) is 0 Å². The Labute approximate surface area is 149 Å². The molecule has 0 aliphatic heterocycles. The minimum absolute atomic E-state index is 0.177. The third kappa shape index (κ3) is 3.88. The van der Waals surface area contributed by atoms with Gasteiger partial charge >= 0.3 is 5.97 Å². The number of para-hydroxylation sites is 1. The van der Waals surface area contributed by atoms with Crippen LogP contribution in [-0.2, 0) is 0 Å². The molecule has 3 aromatic rings. The van der Waals surface area contributed by atoms with Gasteiger partial charge in [0.25, 0.3) is 0 Å². The molecule has 0 unspecified atom stereocenters. The molecule has 120 valence electrons. The first-order chi connectivity index (χ1) is 11.6. The van der Waals surface area contributed by atoms with E-state index in [2.05, 4.69) is 0 Å². The van der Waals surface area contributed by atoms with Crippen molar-refractivity contribution in [3.05, 3.63) is 88.4 Å². The van der Waals surface area contributed by atoms with E-state index >= 15 is 0 Å². The van der Waals surface area contributed by atoms with Gasteiger partial charge in [0.05, 0.1) is 15.6 Å². The highest BCUT2D eigenvalue weighted by Gasteiger charge is 2.14. The highest BCUT2D eigenvalue weighted by Crippen LogP contribution is 2.38. The lowest BCUT2D eigenvalue weighted by Crippen LogP contribution is -2.08. The van der Waals surface area contributed by atoms with E-state index < -0.39 is 5.97 Å². The van der Waals surface area contributed by atoms with Crippen molar-refractivity contribution in [3.63, 3.8) is 0 Å². The molecule has 3 rings (SSSR count). The number of benzene rings is 3. The van der Waals surface area contributed by atoms with Gasteiger partial charge < -0.3 is 9.47 Å². The van der Waals surface area contributed by atoms with E-state index in [1.165, 1.54) is 12.1 Å². The van der Waals surface area contributed by atoms with E-state index in [0.717, 1.165) is 0 Å². The molecule has 24 heavy (non-hydrogen) atoms. The number of carbonyl (C=O) groups excluding carboxylic acids is 1. The summed E-state index contributed by atoms with van der Waals surface area (Å²) in [7, 11) is 0. The second kappa shape index (κ2) is 7.39. The molecule has 0 aliphatic rings. The molecule has 0 radical (unpaired) electrons. The molecule has 0 N–H and O–H groups in total. The van der Waals surface area contributed by atoms with Crippen LogP contribution < -0.4 is 9.47 Å². The topological polar surface area (TPSA) is 35.5 Å². The second-order valence-corrected chi connectivity index (χ2v) is 5.70. The smallest absolute Gasteiger partial charge is 0.343 e. The van der Waals surface area contributed by atoms with Crippen LogP contribution in [-0.4, -0.2) is 5.97 Å². The highest BCUT2D eigenvalue weighted by molar-refractivity contribution is 6.35. The number of carbonyl (C=O) groups is 1. The van der Waals surface area contributed by atoms with Crippen LogP contribution in [0.1, 0.15) is 10.4 Å². The Hall–Kier alpha value is -2.49. The van der Waals surface area contributed by atoms with Gasteiger partial charge in [0.2, 0.25) is 0 Å². The Kier molecular flexibility index (Phi) is 5.04. The van der Waals surface area contributed by atoms with Crippen LogP contribution in [0, 0.1) is 0 Å². The van der Waals surface area contributed by atoms with Crippen molar-refractivity contribution >= 4 is 29.2 Å². The maximum absolute atomic E-state index is 12.1. The molecular weight excluding hydrogens is 347 g/mol. The summed E-state index contributed by atoms with van der Waals surface area (Å²) in [6.45, 7) is 0. The first-order valence-corrected chi connectivity index (χ1v) is 7.88. The van der Waals surface area contributed by atoms with Crippen molar-refractivity contribution in [2.75, 3.05) is 0 Å². The largest absolute Gasteiger partial charge is 0.456 e. The lowest BCUT2D eigenvalue weighted by atomic mass is 10.2. The van der Waals surface area contributed by atoms with E-state index in [1.807, 2.05) is 24.3 Å². The van der Waals surface area contributed by atoms with Crippen molar-refractivity contribution in [1.29, 1.82) is 0 Å². The van der Waals surface area contributed by atoms with Crippen molar-refractivity contribution in [3.8, 4) is 17.2 Å². The van der Waals surface area contributed by atoms with Gasteiger partial charge in [-0.2, -0.15) is 0 Å². The average molecular weight is 359 g/mol. The summed E-state index contributed by atoms with van der Waals surface area (Å²) in [5.74, 6) is 0.679. The summed E-state index contributed by atoms with van der Waals surface area (Å²) >= 11 is 12.4. The molecule has 0 amide bonds. The normalized spacial score (nSPS) is 10.2. The Morgan fingerprint density at radius 1 is 0.750 bits per heavy atom. The summed E-state index contributed by atoms with van der Waals surface area (Å²) in [4.78, 5) is 12.1. The zero-order chi connectivity index (χ0) is 16.9. The predicted molar refractivity (Wildman–Crippen MR) is 94.4 cm³/mol. The third-order valence-electron chi connectivity index (χ3n) is 3.17. The van der Waals surface area contributed by atoms with Gasteiger partial charge in [-0.25, -0.2) is 4.79 Å². The van der Waals surface area contributed by atoms with Gasteiger partial charge in [-0.15, -0.1) is 0 Å². The van der Waals surface area contributed by atoms with Crippen LogP contribution in [0.15, 0.2) is 72.8 Å². The molecule has 0 aromatic heterocycles. The highest BCUT2D eigenvalue weighted by atomic mass is 35.5. The maximum Gasteiger partial charge on any atom is 0.343 e. The minimum atomic E-state index is -0.509. The number of esters is 1. The van der Waals surface area contributed by atoms with Gasteiger partial charge in [0.15, 0.2) is 5.75 Å². The summed E-state index contributed by atoms with van der Waals surface area (Å²) in [5.41, 5.74) is 0.425. The van der Waals surface area contributed by atoms with Crippen LogP contribution >= 0.6 is 23.2 Å². The van der Waals surface area contributed by atoms with Crippen molar-refractivity contribution in [2.24, 2.45) is 0 Å². The fraction of sp³-hybridized carbons (Fsp3) is 0. The fourth-order valence-corrected chi connectivity index (χ4v) is 2.40. The Bertz CT molecular complexity index is 849. The van der Waals surface area contributed by atoms with E-state index in [1.54, 1.807) is 36.4 Å². The summed E-state index contributed by atoms with van der Waals surface area (Å²) in [6.07, 6.45) is 0. The maximum atomic E-state index is 12.1. The van der Waals surface area contributed by atoms with E-state index in [0.29, 0.717) is 22.1 Å². The number of rotatable bonds is 4. The van der Waals surface area contributed by atoms with E-state index in [9.17, 15) is 4.79 Å². The first-order valence-electron chi connectivity index (χ1n) is 7.12. The molecule has 0 aliphatic carbocycles. The number of halogens is 2. The molecule has 0 bridgehead atoms. The average Bonchev–Trinajstić information content (AvgIpc) is 2.61. The van der Waals surface area contributed by atoms with Gasteiger partial charge in [-0.05, 0) is 24.3 Å². The van der Waals surface area contributed by atoms with Crippen molar-refractivity contribution in [1.82, 2.24) is 0 Å². The molecule has 3 aromatic carbocycles. The molecule has 0 spiro atoms. The lowest BCUT2D eigenvalue weighted by Gasteiger charge is -2.11. The summed E-state index contributed by atoms with van der Waals surface area (Å²) < 4.78 is 11.0. The Morgan fingerprint density at radius 2 is 1.29 bits per heavy atom. The van der Waals surface area contributed by atoms with Gasteiger partial charge in [0.1, 0.15) is 11.5 Å². The fourth-order valence-electron chi connectivity index (χ4n) is 2.02.